The lowest BCUT2D eigenvalue weighted by Gasteiger charge is -2.02. The zero-order chi connectivity index (χ0) is 22.1. The molecular formula is C19H14F2N6O4. The minimum absolute atomic E-state index is 0.0361. The SMILES string of the molecule is Cn1cc(-c2nc(C(=O)Nc3cn(-c4ccc(C(=O)O)cc4)nc3C(F)F)co2)cn1. The van der Waals surface area contributed by atoms with E-state index in [9.17, 15) is 18.4 Å². The molecule has 4 rings (SSSR count). The van der Waals surface area contributed by atoms with Crippen LogP contribution in [0.4, 0.5) is 14.5 Å². The van der Waals surface area contributed by atoms with Gasteiger partial charge in [0.05, 0.1) is 34.9 Å². The number of nitrogens with one attached hydrogen (secondary N) is 1. The second-order valence-electron chi connectivity index (χ2n) is 6.42. The van der Waals surface area contributed by atoms with E-state index < -0.39 is 24.0 Å². The molecule has 0 saturated heterocycles. The predicted molar refractivity (Wildman–Crippen MR) is 102 cm³/mol. The molecule has 12 heteroatoms. The molecule has 0 atom stereocenters. The van der Waals surface area contributed by atoms with Crippen LogP contribution in [0.2, 0.25) is 0 Å². The Hall–Kier alpha value is -4.35. The van der Waals surface area contributed by atoms with Gasteiger partial charge in [-0.15, -0.1) is 0 Å². The summed E-state index contributed by atoms with van der Waals surface area (Å²) in [7, 11) is 1.71. The molecule has 10 nitrogen and oxygen atoms in total. The average molecular weight is 428 g/mol. The van der Waals surface area contributed by atoms with Gasteiger partial charge in [-0.1, -0.05) is 0 Å². The Morgan fingerprint density at radius 1 is 1.19 bits per heavy atom. The Balaban J connectivity index is 1.58. The number of amides is 1. The zero-order valence-corrected chi connectivity index (χ0v) is 15.9. The van der Waals surface area contributed by atoms with Crippen molar-refractivity contribution >= 4 is 17.6 Å². The molecule has 3 heterocycles. The molecule has 158 valence electrons. The van der Waals surface area contributed by atoms with Crippen molar-refractivity contribution in [3.8, 4) is 17.1 Å². The molecule has 2 N–H and O–H groups in total. The molecule has 4 aromatic rings. The maximum Gasteiger partial charge on any atom is 0.335 e. The van der Waals surface area contributed by atoms with Crippen LogP contribution in [-0.4, -0.2) is 41.5 Å². The Kier molecular flexibility index (Phi) is 5.03. The van der Waals surface area contributed by atoms with Crippen LogP contribution in [0, 0.1) is 0 Å². The van der Waals surface area contributed by atoms with Crippen LogP contribution < -0.4 is 5.32 Å². The lowest BCUT2D eigenvalue weighted by atomic mass is 10.2. The molecule has 0 spiro atoms. The molecule has 0 fully saturated rings. The molecule has 31 heavy (non-hydrogen) atoms. The highest BCUT2D eigenvalue weighted by Gasteiger charge is 2.23. The first-order valence-electron chi connectivity index (χ1n) is 8.79. The summed E-state index contributed by atoms with van der Waals surface area (Å²) in [6, 6.07) is 5.45. The molecule has 3 aromatic heterocycles. The van der Waals surface area contributed by atoms with Gasteiger partial charge in [0.1, 0.15) is 6.26 Å². The molecule has 0 radical (unpaired) electrons. The number of carbonyl (C=O) groups is 2. The van der Waals surface area contributed by atoms with Crippen molar-refractivity contribution in [3.05, 3.63) is 66.1 Å². The van der Waals surface area contributed by atoms with E-state index in [1.807, 2.05) is 0 Å². The standard InChI is InChI=1S/C19H14F2N6O4/c1-26-7-11(6-22-26)18-24-14(9-31-18)17(28)23-13-8-27(25-15(13)16(20)21)12-4-2-10(3-5-12)19(29)30/h2-9,16H,1H3,(H,23,28)(H,29,30). The van der Waals surface area contributed by atoms with Gasteiger partial charge < -0.3 is 14.8 Å². The fourth-order valence-corrected chi connectivity index (χ4v) is 2.76. The number of benzene rings is 1. The summed E-state index contributed by atoms with van der Waals surface area (Å²) in [6.45, 7) is 0. The first-order valence-corrected chi connectivity index (χ1v) is 8.79. The highest BCUT2D eigenvalue weighted by atomic mass is 19.3. The van der Waals surface area contributed by atoms with Crippen molar-refractivity contribution in [3.63, 3.8) is 0 Å². The summed E-state index contributed by atoms with van der Waals surface area (Å²) < 4.78 is 34.8. The number of hydrogen-bond acceptors (Lipinski definition) is 6. The molecule has 0 aliphatic carbocycles. The lowest BCUT2D eigenvalue weighted by molar-refractivity contribution is 0.0696. The van der Waals surface area contributed by atoms with Crippen molar-refractivity contribution in [2.75, 3.05) is 5.32 Å². The van der Waals surface area contributed by atoms with Crippen LogP contribution in [0.3, 0.4) is 0 Å². The molecule has 0 unspecified atom stereocenters. The van der Waals surface area contributed by atoms with Gasteiger partial charge in [0.15, 0.2) is 11.4 Å². The molecule has 0 saturated carbocycles. The third kappa shape index (κ3) is 4.03. The van der Waals surface area contributed by atoms with Crippen molar-refractivity contribution in [1.82, 2.24) is 24.5 Å². The summed E-state index contributed by atoms with van der Waals surface area (Å²) >= 11 is 0. The fraction of sp³-hybridized carbons (Fsp3) is 0.105. The largest absolute Gasteiger partial charge is 0.478 e. The number of carboxylic acids is 1. The maximum atomic E-state index is 13.5. The van der Waals surface area contributed by atoms with Crippen LogP contribution >= 0.6 is 0 Å². The van der Waals surface area contributed by atoms with E-state index in [-0.39, 0.29) is 22.8 Å². The Labute approximate surface area is 172 Å². The van der Waals surface area contributed by atoms with E-state index in [0.29, 0.717) is 11.3 Å². The van der Waals surface area contributed by atoms with Crippen molar-refractivity contribution < 1.29 is 27.9 Å². The predicted octanol–water partition coefficient (Wildman–Crippen LogP) is 3.15. The average Bonchev–Trinajstić information content (AvgIpc) is 3.47. The minimum Gasteiger partial charge on any atom is -0.478 e. The third-order valence-electron chi connectivity index (χ3n) is 4.27. The van der Waals surface area contributed by atoms with Crippen molar-refractivity contribution in [2.24, 2.45) is 7.05 Å². The van der Waals surface area contributed by atoms with E-state index >= 15 is 0 Å². The number of nitrogens with zero attached hydrogens (tertiary/aromatic N) is 5. The van der Waals surface area contributed by atoms with E-state index in [0.717, 1.165) is 10.9 Å². The van der Waals surface area contributed by atoms with Crippen LogP contribution in [0.25, 0.3) is 17.1 Å². The van der Waals surface area contributed by atoms with Gasteiger partial charge >= 0.3 is 5.97 Å². The number of aromatic carboxylic acids is 1. The van der Waals surface area contributed by atoms with Gasteiger partial charge in [-0.2, -0.15) is 10.2 Å². The number of alkyl halides is 2. The topological polar surface area (TPSA) is 128 Å². The minimum atomic E-state index is -2.96. The summed E-state index contributed by atoms with van der Waals surface area (Å²) in [5.41, 5.74) is -0.0494. The number of aromatic nitrogens is 5. The Bertz CT molecular complexity index is 1260. The summed E-state index contributed by atoms with van der Waals surface area (Å²) in [4.78, 5) is 27.5. The molecule has 0 aliphatic heterocycles. The highest BCUT2D eigenvalue weighted by molar-refractivity contribution is 6.03. The van der Waals surface area contributed by atoms with Gasteiger partial charge in [-0.25, -0.2) is 23.2 Å². The van der Waals surface area contributed by atoms with Crippen LogP contribution in [0.5, 0.6) is 0 Å². The zero-order valence-electron chi connectivity index (χ0n) is 15.9. The molecule has 1 amide bonds. The quantitative estimate of drug-likeness (QED) is 0.483. The Morgan fingerprint density at radius 2 is 1.94 bits per heavy atom. The summed E-state index contributed by atoms with van der Waals surface area (Å²) in [5, 5.41) is 19.1. The van der Waals surface area contributed by atoms with E-state index in [2.05, 4.69) is 20.5 Å². The number of rotatable bonds is 6. The summed E-state index contributed by atoms with van der Waals surface area (Å²) in [5.74, 6) is -1.73. The van der Waals surface area contributed by atoms with Crippen LogP contribution in [0.1, 0.15) is 33.0 Å². The molecule has 1 aromatic carbocycles. The van der Waals surface area contributed by atoms with E-state index in [1.54, 1.807) is 13.2 Å². The monoisotopic (exact) mass is 428 g/mol. The van der Waals surface area contributed by atoms with Crippen molar-refractivity contribution in [2.45, 2.75) is 6.43 Å². The fourth-order valence-electron chi connectivity index (χ4n) is 2.76. The first-order chi connectivity index (χ1) is 14.8. The molecule has 0 bridgehead atoms. The maximum absolute atomic E-state index is 13.5. The van der Waals surface area contributed by atoms with Gasteiger partial charge in [0.25, 0.3) is 12.3 Å². The van der Waals surface area contributed by atoms with Gasteiger partial charge in [-0.05, 0) is 24.3 Å². The first kappa shape index (κ1) is 19.9. The lowest BCUT2D eigenvalue weighted by Crippen LogP contribution is -2.13. The van der Waals surface area contributed by atoms with E-state index in [4.69, 9.17) is 9.52 Å². The van der Waals surface area contributed by atoms with Gasteiger partial charge in [-0.3, -0.25) is 9.48 Å². The van der Waals surface area contributed by atoms with Crippen LogP contribution in [0.15, 0.2) is 53.5 Å². The summed E-state index contributed by atoms with van der Waals surface area (Å²) in [6.07, 6.45) is 2.49. The van der Waals surface area contributed by atoms with Gasteiger partial charge in [0.2, 0.25) is 5.89 Å². The molecule has 0 aliphatic rings. The second kappa shape index (κ2) is 7.82. The number of carboxylic acid groups (broad SMARTS) is 1. The van der Waals surface area contributed by atoms with Crippen molar-refractivity contribution in [1.29, 1.82) is 0 Å². The third-order valence-corrected chi connectivity index (χ3v) is 4.27. The van der Waals surface area contributed by atoms with Gasteiger partial charge in [0, 0.05) is 13.2 Å². The molecular weight excluding hydrogens is 414 g/mol. The highest BCUT2D eigenvalue weighted by Crippen LogP contribution is 2.28. The smallest absolute Gasteiger partial charge is 0.335 e. The number of hydrogen-bond donors (Lipinski definition) is 2. The van der Waals surface area contributed by atoms with Crippen LogP contribution in [-0.2, 0) is 7.05 Å². The van der Waals surface area contributed by atoms with E-state index in [1.165, 1.54) is 41.3 Å². The normalized spacial score (nSPS) is 11.1. The number of oxazole rings is 1. The number of aryl methyl sites for hydroxylation is 1. The second-order valence-corrected chi connectivity index (χ2v) is 6.42. The number of anilines is 1. The number of carbonyl (C=O) groups excluding carboxylic acids is 1. The Morgan fingerprint density at radius 3 is 2.55 bits per heavy atom. The number of halogens is 2.